The van der Waals surface area contributed by atoms with Crippen LogP contribution < -0.4 is 0 Å². The Kier molecular flexibility index (Phi) is 2.55. The molecule has 0 aromatic carbocycles. The van der Waals surface area contributed by atoms with Crippen molar-refractivity contribution in [2.75, 3.05) is 13.7 Å². The van der Waals surface area contributed by atoms with Crippen LogP contribution in [-0.4, -0.2) is 41.8 Å². The van der Waals surface area contributed by atoms with Gasteiger partial charge in [0.25, 0.3) is 0 Å². The quantitative estimate of drug-likeness (QED) is 0.476. The summed E-state index contributed by atoms with van der Waals surface area (Å²) in [7, 11) is 1.24. The first-order chi connectivity index (χ1) is 6.06. The highest BCUT2D eigenvalue weighted by Gasteiger charge is 2.36. The van der Waals surface area contributed by atoms with E-state index in [1.54, 1.807) is 0 Å². The summed E-state index contributed by atoms with van der Waals surface area (Å²) in [6, 6.07) is -0.713. The molecule has 1 rings (SSSR count). The van der Waals surface area contributed by atoms with Crippen LogP contribution in [0.25, 0.3) is 0 Å². The van der Waals surface area contributed by atoms with Crippen molar-refractivity contribution < 1.29 is 19.4 Å². The molecule has 1 fully saturated rings. The molecule has 13 heavy (non-hydrogen) atoms. The molecule has 1 unspecified atom stereocenters. The number of carbonyl (C=O) groups is 2. The standard InChI is InChI=1S/C8H11NO4/c1-5-3-6(7(10)13-2)9(4-5)8(11)12/h6H,1,3-4H2,2H3,(H,11,12). The fourth-order valence-corrected chi connectivity index (χ4v) is 1.35. The van der Waals surface area contributed by atoms with Gasteiger partial charge in [-0.15, -0.1) is 0 Å². The van der Waals surface area contributed by atoms with Gasteiger partial charge in [0.2, 0.25) is 0 Å². The van der Waals surface area contributed by atoms with E-state index in [0.717, 1.165) is 10.5 Å². The first kappa shape index (κ1) is 9.57. The molecule has 0 aromatic heterocycles. The summed E-state index contributed by atoms with van der Waals surface area (Å²) in [4.78, 5) is 22.8. The van der Waals surface area contributed by atoms with E-state index in [1.807, 2.05) is 0 Å². The number of rotatable bonds is 1. The van der Waals surface area contributed by atoms with Crippen molar-refractivity contribution >= 4 is 12.1 Å². The fourth-order valence-electron chi connectivity index (χ4n) is 1.35. The second kappa shape index (κ2) is 3.47. The molecule has 5 nitrogen and oxygen atoms in total. The van der Waals surface area contributed by atoms with Crippen molar-refractivity contribution in [2.24, 2.45) is 0 Å². The van der Waals surface area contributed by atoms with E-state index in [0.29, 0.717) is 6.42 Å². The molecule has 0 bridgehead atoms. The van der Waals surface area contributed by atoms with Gasteiger partial charge in [-0.3, -0.25) is 4.90 Å². The number of hydrogen-bond acceptors (Lipinski definition) is 3. The van der Waals surface area contributed by atoms with Crippen LogP contribution in [0.15, 0.2) is 12.2 Å². The number of ether oxygens (including phenoxy) is 1. The Morgan fingerprint density at radius 1 is 1.69 bits per heavy atom. The molecule has 5 heteroatoms. The zero-order valence-corrected chi connectivity index (χ0v) is 7.32. The molecular formula is C8H11NO4. The van der Waals surface area contributed by atoms with Gasteiger partial charge in [-0.1, -0.05) is 12.2 Å². The number of carboxylic acid groups (broad SMARTS) is 1. The topological polar surface area (TPSA) is 66.8 Å². The maximum absolute atomic E-state index is 11.1. The highest BCUT2D eigenvalue weighted by Crippen LogP contribution is 2.21. The molecule has 1 heterocycles. The van der Waals surface area contributed by atoms with Gasteiger partial charge >= 0.3 is 12.1 Å². The Morgan fingerprint density at radius 2 is 2.31 bits per heavy atom. The maximum Gasteiger partial charge on any atom is 0.408 e. The predicted molar refractivity (Wildman–Crippen MR) is 44.3 cm³/mol. The summed E-state index contributed by atoms with van der Waals surface area (Å²) < 4.78 is 4.48. The van der Waals surface area contributed by atoms with Crippen LogP contribution in [0.4, 0.5) is 4.79 Å². The molecule has 1 aliphatic heterocycles. The van der Waals surface area contributed by atoms with E-state index in [9.17, 15) is 9.59 Å². The first-order valence-corrected chi connectivity index (χ1v) is 3.80. The van der Waals surface area contributed by atoms with E-state index in [4.69, 9.17) is 5.11 Å². The van der Waals surface area contributed by atoms with Crippen molar-refractivity contribution in [3.63, 3.8) is 0 Å². The fraction of sp³-hybridized carbons (Fsp3) is 0.500. The van der Waals surface area contributed by atoms with Gasteiger partial charge in [0.15, 0.2) is 0 Å². The Balaban J connectivity index is 2.77. The first-order valence-electron chi connectivity index (χ1n) is 3.80. The average molecular weight is 185 g/mol. The molecule has 72 valence electrons. The van der Waals surface area contributed by atoms with E-state index in [1.165, 1.54) is 7.11 Å². The van der Waals surface area contributed by atoms with Gasteiger partial charge in [0, 0.05) is 13.0 Å². The van der Waals surface area contributed by atoms with Crippen molar-refractivity contribution in [2.45, 2.75) is 12.5 Å². The van der Waals surface area contributed by atoms with Gasteiger partial charge in [-0.25, -0.2) is 9.59 Å². The smallest absolute Gasteiger partial charge is 0.408 e. The number of methoxy groups -OCH3 is 1. The van der Waals surface area contributed by atoms with Gasteiger partial charge < -0.3 is 9.84 Å². The number of amides is 1. The lowest BCUT2D eigenvalue weighted by atomic mass is 10.2. The minimum Gasteiger partial charge on any atom is -0.467 e. The average Bonchev–Trinajstić information content (AvgIpc) is 2.46. The largest absolute Gasteiger partial charge is 0.467 e. The van der Waals surface area contributed by atoms with Gasteiger partial charge in [-0.2, -0.15) is 0 Å². The molecule has 1 aliphatic rings. The van der Waals surface area contributed by atoms with E-state index >= 15 is 0 Å². The Morgan fingerprint density at radius 3 is 2.77 bits per heavy atom. The zero-order chi connectivity index (χ0) is 10.0. The highest BCUT2D eigenvalue weighted by molar-refractivity contribution is 5.82. The molecule has 1 atom stereocenters. The summed E-state index contributed by atoms with van der Waals surface area (Å²) in [6.45, 7) is 3.86. The summed E-state index contributed by atoms with van der Waals surface area (Å²) in [5.74, 6) is -0.527. The Hall–Kier alpha value is -1.52. The third-order valence-corrected chi connectivity index (χ3v) is 1.97. The normalized spacial score (nSPS) is 21.8. The molecule has 1 amide bonds. The van der Waals surface area contributed by atoms with Crippen LogP contribution >= 0.6 is 0 Å². The molecule has 1 saturated heterocycles. The SMILES string of the molecule is C=C1CC(C(=O)OC)N(C(=O)O)C1. The van der Waals surface area contributed by atoms with Crippen LogP contribution in [0.5, 0.6) is 0 Å². The molecule has 0 saturated carbocycles. The number of likely N-dealkylation sites (tertiary alicyclic amines) is 1. The second-order valence-corrected chi connectivity index (χ2v) is 2.90. The molecular weight excluding hydrogens is 174 g/mol. The monoisotopic (exact) mass is 185 g/mol. The number of hydrogen-bond donors (Lipinski definition) is 1. The minimum absolute atomic E-state index is 0.217. The van der Waals surface area contributed by atoms with Crippen LogP contribution in [0.2, 0.25) is 0 Å². The van der Waals surface area contributed by atoms with Gasteiger partial charge in [-0.05, 0) is 0 Å². The second-order valence-electron chi connectivity index (χ2n) is 2.90. The van der Waals surface area contributed by atoms with E-state index in [-0.39, 0.29) is 6.54 Å². The molecule has 0 spiro atoms. The number of esters is 1. The lowest BCUT2D eigenvalue weighted by molar-refractivity contribution is -0.145. The van der Waals surface area contributed by atoms with Crippen LogP contribution in [0.1, 0.15) is 6.42 Å². The lowest BCUT2D eigenvalue weighted by Gasteiger charge is -2.17. The summed E-state index contributed by atoms with van der Waals surface area (Å²) in [5.41, 5.74) is 0.734. The third-order valence-electron chi connectivity index (χ3n) is 1.97. The minimum atomic E-state index is -1.12. The highest BCUT2D eigenvalue weighted by atomic mass is 16.5. The maximum atomic E-state index is 11.1. The van der Waals surface area contributed by atoms with Gasteiger partial charge in [0.1, 0.15) is 6.04 Å². The predicted octanol–water partition coefficient (Wildman–Crippen LogP) is 0.468. The zero-order valence-electron chi connectivity index (χ0n) is 7.32. The third kappa shape index (κ3) is 1.80. The summed E-state index contributed by atoms with van der Waals surface area (Å²) in [6.07, 6.45) is -0.757. The summed E-state index contributed by atoms with van der Waals surface area (Å²) in [5, 5.41) is 8.72. The van der Waals surface area contributed by atoms with Crippen LogP contribution in [0.3, 0.4) is 0 Å². The Bertz CT molecular complexity index is 261. The summed E-state index contributed by atoms with van der Waals surface area (Å²) >= 11 is 0. The van der Waals surface area contributed by atoms with E-state index in [2.05, 4.69) is 11.3 Å². The lowest BCUT2D eigenvalue weighted by Crippen LogP contribution is -2.40. The van der Waals surface area contributed by atoms with Gasteiger partial charge in [0.05, 0.1) is 7.11 Å². The van der Waals surface area contributed by atoms with Crippen LogP contribution in [-0.2, 0) is 9.53 Å². The van der Waals surface area contributed by atoms with Crippen molar-refractivity contribution in [1.82, 2.24) is 4.90 Å². The molecule has 1 N–H and O–H groups in total. The van der Waals surface area contributed by atoms with Crippen molar-refractivity contribution in [3.8, 4) is 0 Å². The molecule has 0 radical (unpaired) electrons. The van der Waals surface area contributed by atoms with Crippen molar-refractivity contribution in [3.05, 3.63) is 12.2 Å². The van der Waals surface area contributed by atoms with Crippen molar-refractivity contribution in [1.29, 1.82) is 0 Å². The van der Waals surface area contributed by atoms with Crippen LogP contribution in [0, 0.1) is 0 Å². The van der Waals surface area contributed by atoms with E-state index < -0.39 is 18.1 Å². The Labute approximate surface area is 75.6 Å². The molecule has 0 aliphatic carbocycles. The number of nitrogens with zero attached hydrogens (tertiary/aromatic N) is 1. The number of carbonyl (C=O) groups excluding carboxylic acids is 1. The molecule has 0 aromatic rings.